The van der Waals surface area contributed by atoms with E-state index in [-0.39, 0.29) is 18.9 Å². The molecule has 0 aromatic heterocycles. The molecule has 0 fully saturated rings. The number of ether oxygens (including phenoxy) is 1. The van der Waals surface area contributed by atoms with Gasteiger partial charge in [-0.2, -0.15) is 0 Å². The molecule has 0 bridgehead atoms. The van der Waals surface area contributed by atoms with Crippen LogP contribution in [0.25, 0.3) is 0 Å². The fraction of sp³-hybridized carbons (Fsp3) is 0.867. The Balaban J connectivity index is 4.96. The summed E-state index contributed by atoms with van der Waals surface area (Å²) in [5, 5.41) is 21.7. The Morgan fingerprint density at radius 2 is 1.67 bits per heavy atom. The first kappa shape index (κ1) is 19.7. The molecule has 0 saturated carbocycles. The minimum Gasteiger partial charge on any atom is -0.481 e. The number of alkyl carbamates (subject to hydrolysis) is 1. The molecule has 2 atom stereocenters. The SMILES string of the molecule is CC(C)CC(CNC(=O)OC(C)(C)C)(CC(C)O)C(=O)O. The summed E-state index contributed by atoms with van der Waals surface area (Å²) in [6, 6.07) is 0. The van der Waals surface area contributed by atoms with Gasteiger partial charge in [0.05, 0.1) is 11.5 Å². The number of nitrogens with one attached hydrogen (secondary N) is 1. The molecular formula is C15H29NO5. The van der Waals surface area contributed by atoms with E-state index in [0.717, 1.165) is 0 Å². The molecule has 0 spiro atoms. The van der Waals surface area contributed by atoms with E-state index in [9.17, 15) is 19.8 Å². The Bertz CT molecular complexity index is 348. The lowest BCUT2D eigenvalue weighted by Crippen LogP contribution is -2.46. The number of aliphatic carboxylic acids is 1. The highest BCUT2D eigenvalue weighted by molar-refractivity contribution is 5.76. The number of carbonyl (C=O) groups is 2. The molecular weight excluding hydrogens is 274 g/mol. The van der Waals surface area contributed by atoms with Crippen molar-refractivity contribution in [2.45, 2.75) is 66.1 Å². The zero-order chi connectivity index (χ0) is 16.8. The highest BCUT2D eigenvalue weighted by Crippen LogP contribution is 2.32. The van der Waals surface area contributed by atoms with Crippen LogP contribution in [0.15, 0.2) is 0 Å². The summed E-state index contributed by atoms with van der Waals surface area (Å²) in [6.07, 6.45) is -0.970. The van der Waals surface area contributed by atoms with Gasteiger partial charge in [0.2, 0.25) is 0 Å². The van der Waals surface area contributed by atoms with Gasteiger partial charge in [-0.05, 0) is 46.5 Å². The van der Waals surface area contributed by atoms with Crippen LogP contribution in [0, 0.1) is 11.3 Å². The fourth-order valence-electron chi connectivity index (χ4n) is 2.38. The summed E-state index contributed by atoms with van der Waals surface area (Å²) in [6.45, 7) is 10.5. The zero-order valence-electron chi connectivity index (χ0n) is 13.9. The quantitative estimate of drug-likeness (QED) is 0.671. The number of aliphatic hydroxyl groups excluding tert-OH is 1. The smallest absolute Gasteiger partial charge is 0.407 e. The Morgan fingerprint density at radius 1 is 1.14 bits per heavy atom. The lowest BCUT2D eigenvalue weighted by Gasteiger charge is -2.32. The second-order valence-corrected chi connectivity index (χ2v) is 7.09. The second-order valence-electron chi connectivity index (χ2n) is 7.09. The standard InChI is InChI=1S/C15H29NO5/c1-10(2)7-15(12(18)19,8-11(3)17)9-16-13(20)21-14(4,5)6/h10-11,17H,7-9H2,1-6H3,(H,16,20)(H,18,19). The van der Waals surface area contributed by atoms with E-state index in [2.05, 4.69) is 5.32 Å². The first-order valence-corrected chi connectivity index (χ1v) is 7.26. The molecule has 0 saturated heterocycles. The molecule has 0 aliphatic heterocycles. The summed E-state index contributed by atoms with van der Waals surface area (Å²) in [5.41, 5.74) is -1.84. The number of amides is 1. The maximum absolute atomic E-state index is 11.7. The van der Waals surface area contributed by atoms with Gasteiger partial charge in [-0.3, -0.25) is 4.79 Å². The first-order valence-electron chi connectivity index (χ1n) is 7.26. The van der Waals surface area contributed by atoms with Crippen molar-refractivity contribution in [2.24, 2.45) is 11.3 Å². The minimum absolute atomic E-state index is 0.0691. The van der Waals surface area contributed by atoms with Gasteiger partial charge in [-0.15, -0.1) is 0 Å². The van der Waals surface area contributed by atoms with Crippen molar-refractivity contribution in [2.75, 3.05) is 6.54 Å². The third kappa shape index (κ3) is 7.90. The molecule has 0 aliphatic carbocycles. The Labute approximate surface area is 126 Å². The molecule has 3 N–H and O–H groups in total. The van der Waals surface area contributed by atoms with Crippen LogP contribution < -0.4 is 5.32 Å². The topological polar surface area (TPSA) is 95.9 Å². The monoisotopic (exact) mass is 303 g/mol. The summed E-state index contributed by atoms with van der Waals surface area (Å²) < 4.78 is 5.12. The van der Waals surface area contributed by atoms with Crippen molar-refractivity contribution >= 4 is 12.1 Å². The van der Waals surface area contributed by atoms with E-state index in [0.29, 0.717) is 6.42 Å². The number of hydrogen-bond donors (Lipinski definition) is 3. The Hall–Kier alpha value is -1.30. The van der Waals surface area contributed by atoms with Crippen LogP contribution in [0.5, 0.6) is 0 Å². The third-order valence-corrected chi connectivity index (χ3v) is 2.91. The largest absolute Gasteiger partial charge is 0.481 e. The van der Waals surface area contributed by atoms with E-state index in [1.165, 1.54) is 0 Å². The van der Waals surface area contributed by atoms with Crippen LogP contribution in [-0.4, -0.2) is 40.5 Å². The van der Waals surface area contributed by atoms with E-state index >= 15 is 0 Å². The molecule has 0 rings (SSSR count). The van der Waals surface area contributed by atoms with Crippen molar-refractivity contribution in [1.82, 2.24) is 5.32 Å². The normalized spacial score (nSPS) is 16.2. The summed E-state index contributed by atoms with van der Waals surface area (Å²) in [5.74, 6) is -0.895. The Kier molecular flexibility index (Phi) is 7.16. The average Bonchev–Trinajstić information content (AvgIpc) is 2.21. The molecule has 6 nitrogen and oxygen atoms in total. The molecule has 0 heterocycles. The number of carboxylic acids is 1. The van der Waals surface area contributed by atoms with Gasteiger partial charge >= 0.3 is 12.1 Å². The minimum atomic E-state index is -1.20. The summed E-state index contributed by atoms with van der Waals surface area (Å²) in [4.78, 5) is 23.4. The zero-order valence-corrected chi connectivity index (χ0v) is 13.9. The van der Waals surface area contributed by atoms with Crippen molar-refractivity contribution in [1.29, 1.82) is 0 Å². The van der Waals surface area contributed by atoms with E-state index in [1.807, 2.05) is 13.8 Å². The first-order chi connectivity index (χ1) is 9.38. The van der Waals surface area contributed by atoms with E-state index in [1.54, 1.807) is 27.7 Å². The lowest BCUT2D eigenvalue weighted by atomic mass is 9.76. The van der Waals surface area contributed by atoms with Gasteiger partial charge in [0.1, 0.15) is 5.60 Å². The average molecular weight is 303 g/mol. The molecule has 21 heavy (non-hydrogen) atoms. The van der Waals surface area contributed by atoms with E-state index in [4.69, 9.17) is 4.74 Å². The maximum Gasteiger partial charge on any atom is 0.407 e. The number of carboxylic acid groups (broad SMARTS) is 1. The van der Waals surface area contributed by atoms with Crippen LogP contribution in [0.1, 0.15) is 54.4 Å². The van der Waals surface area contributed by atoms with Crippen molar-refractivity contribution in [3.05, 3.63) is 0 Å². The van der Waals surface area contributed by atoms with Gasteiger partial charge in [0.15, 0.2) is 0 Å². The Morgan fingerprint density at radius 3 is 2.00 bits per heavy atom. The number of hydrogen-bond acceptors (Lipinski definition) is 4. The molecule has 0 radical (unpaired) electrons. The predicted molar refractivity (Wildman–Crippen MR) is 80.1 cm³/mol. The predicted octanol–water partition coefficient (Wildman–Crippen LogP) is 2.40. The van der Waals surface area contributed by atoms with Crippen molar-refractivity contribution in [3.8, 4) is 0 Å². The molecule has 0 aromatic carbocycles. The van der Waals surface area contributed by atoms with Gasteiger partial charge in [0.25, 0.3) is 0 Å². The van der Waals surface area contributed by atoms with Gasteiger partial charge < -0.3 is 20.3 Å². The van der Waals surface area contributed by atoms with E-state index < -0.39 is 29.2 Å². The second kappa shape index (κ2) is 7.64. The summed E-state index contributed by atoms with van der Waals surface area (Å²) >= 11 is 0. The van der Waals surface area contributed by atoms with Crippen LogP contribution in [-0.2, 0) is 9.53 Å². The van der Waals surface area contributed by atoms with Gasteiger partial charge in [-0.1, -0.05) is 13.8 Å². The molecule has 2 unspecified atom stereocenters. The fourth-order valence-corrected chi connectivity index (χ4v) is 2.38. The van der Waals surface area contributed by atoms with Crippen molar-refractivity contribution in [3.63, 3.8) is 0 Å². The molecule has 0 aliphatic rings. The van der Waals surface area contributed by atoms with Crippen LogP contribution in [0.3, 0.4) is 0 Å². The third-order valence-electron chi connectivity index (χ3n) is 2.91. The molecule has 124 valence electrons. The molecule has 0 aromatic rings. The highest BCUT2D eigenvalue weighted by Gasteiger charge is 2.40. The number of carbonyl (C=O) groups excluding carboxylic acids is 1. The summed E-state index contributed by atoms with van der Waals surface area (Å²) in [7, 11) is 0. The molecule has 6 heteroatoms. The van der Waals surface area contributed by atoms with Crippen LogP contribution in [0.2, 0.25) is 0 Å². The van der Waals surface area contributed by atoms with Gasteiger partial charge in [0, 0.05) is 6.54 Å². The van der Waals surface area contributed by atoms with Gasteiger partial charge in [-0.25, -0.2) is 4.79 Å². The maximum atomic E-state index is 11.7. The number of aliphatic hydroxyl groups is 1. The highest BCUT2D eigenvalue weighted by atomic mass is 16.6. The lowest BCUT2D eigenvalue weighted by molar-refractivity contribution is -0.151. The van der Waals surface area contributed by atoms with Crippen LogP contribution >= 0.6 is 0 Å². The van der Waals surface area contributed by atoms with Crippen LogP contribution in [0.4, 0.5) is 4.79 Å². The van der Waals surface area contributed by atoms with Crippen molar-refractivity contribution < 1.29 is 24.5 Å². The molecule has 1 amide bonds. The number of rotatable bonds is 7.